The average molecular weight is 140 g/mol. The standard InChI is InChI=1S/C8H8O2/c1-5-3-8(10)6(2)4-7(5)9/h3-4H,1-2H3/i1D,2D,3D,4D. The second-order valence-electron chi connectivity index (χ2n) is 1.87. The Kier molecular flexibility index (Phi) is 0.726. The van der Waals surface area contributed by atoms with E-state index in [1.807, 2.05) is 0 Å². The van der Waals surface area contributed by atoms with Gasteiger partial charge >= 0.3 is 0 Å². The Hall–Kier alpha value is -1.18. The van der Waals surface area contributed by atoms with Gasteiger partial charge in [-0.05, 0) is 25.9 Å². The summed E-state index contributed by atoms with van der Waals surface area (Å²) in [5.41, 5.74) is -0.505. The molecule has 0 unspecified atom stereocenters. The summed E-state index contributed by atoms with van der Waals surface area (Å²) in [6, 6.07) is -1.08. The SMILES string of the molecule is [2H]CC1=C([2H])C(=O)C(C[2H])=C([2H])C1=O. The lowest BCUT2D eigenvalue weighted by Gasteiger charge is -2.03. The Morgan fingerprint density at radius 1 is 1.20 bits per heavy atom. The van der Waals surface area contributed by atoms with Gasteiger partial charge in [-0.25, -0.2) is 0 Å². The maximum absolute atomic E-state index is 11.3. The number of rotatable bonds is 0. The number of ketones is 2. The molecule has 52 valence electrons. The quantitative estimate of drug-likeness (QED) is 0.471. The largest absolute Gasteiger partial charge is 0.290 e. The summed E-state index contributed by atoms with van der Waals surface area (Å²) in [7, 11) is 0. The Balaban J connectivity index is 3.28. The van der Waals surface area contributed by atoms with Crippen LogP contribution in [0.25, 0.3) is 0 Å². The third-order valence-corrected chi connectivity index (χ3v) is 1.08. The van der Waals surface area contributed by atoms with Gasteiger partial charge < -0.3 is 0 Å². The zero-order valence-corrected chi connectivity index (χ0v) is 5.23. The van der Waals surface area contributed by atoms with Gasteiger partial charge in [-0.15, -0.1) is 0 Å². The maximum atomic E-state index is 11.3. The lowest BCUT2D eigenvalue weighted by Crippen LogP contribution is -2.08. The first-order valence-corrected chi connectivity index (χ1v) is 2.62. The molecule has 1 rings (SSSR count). The highest BCUT2D eigenvalue weighted by atomic mass is 16.1. The van der Waals surface area contributed by atoms with Gasteiger partial charge in [0.1, 0.15) is 0 Å². The third-order valence-electron chi connectivity index (χ3n) is 1.08. The molecule has 0 bridgehead atoms. The molecule has 0 saturated carbocycles. The van der Waals surface area contributed by atoms with Crippen molar-refractivity contribution < 1.29 is 15.1 Å². The van der Waals surface area contributed by atoms with Gasteiger partial charge in [0.2, 0.25) is 0 Å². The van der Waals surface area contributed by atoms with Crippen molar-refractivity contribution in [2.24, 2.45) is 0 Å². The van der Waals surface area contributed by atoms with Crippen molar-refractivity contribution in [1.29, 1.82) is 0 Å². The van der Waals surface area contributed by atoms with E-state index < -0.39 is 37.5 Å². The number of carbonyl (C=O) groups excluding carboxylic acids is 2. The molecule has 0 N–H and O–H groups in total. The molecule has 1 aliphatic carbocycles. The van der Waals surface area contributed by atoms with Crippen molar-refractivity contribution >= 4 is 11.6 Å². The monoisotopic (exact) mass is 140 g/mol. The van der Waals surface area contributed by atoms with Crippen LogP contribution in [0, 0.1) is 0 Å². The lowest BCUT2D eigenvalue weighted by molar-refractivity contribution is -0.115. The molecule has 0 heterocycles. The number of carbonyl (C=O) groups is 2. The molecule has 0 atom stereocenters. The molecule has 0 amide bonds. The van der Waals surface area contributed by atoms with Crippen LogP contribution in [0.1, 0.15) is 19.3 Å². The van der Waals surface area contributed by atoms with Crippen molar-refractivity contribution in [2.75, 3.05) is 0 Å². The summed E-state index contributed by atoms with van der Waals surface area (Å²) in [6.07, 6.45) is 0. The van der Waals surface area contributed by atoms with Crippen molar-refractivity contribution in [3.63, 3.8) is 0 Å². The summed E-state index contributed by atoms with van der Waals surface area (Å²) >= 11 is 0. The van der Waals surface area contributed by atoms with E-state index in [9.17, 15) is 9.59 Å². The molecular weight excluding hydrogens is 128 g/mol. The fraction of sp³-hybridized carbons (Fsp3) is 0.250. The molecule has 0 aromatic rings. The van der Waals surface area contributed by atoms with Crippen LogP contribution in [-0.4, -0.2) is 11.6 Å². The van der Waals surface area contributed by atoms with Crippen molar-refractivity contribution in [2.45, 2.75) is 13.8 Å². The minimum absolute atomic E-state index is 0.253. The molecule has 2 heteroatoms. The molecule has 1 aliphatic rings. The number of allylic oxidation sites excluding steroid dienone is 4. The van der Waals surface area contributed by atoms with E-state index in [4.69, 9.17) is 5.48 Å². The first-order valence-electron chi connectivity index (χ1n) is 5.03. The highest BCUT2D eigenvalue weighted by Gasteiger charge is 2.12. The first kappa shape index (κ1) is 3.28. The minimum Gasteiger partial charge on any atom is -0.290 e. The smallest absolute Gasteiger partial charge is 0.182 e. The maximum Gasteiger partial charge on any atom is 0.182 e. The van der Waals surface area contributed by atoms with Crippen LogP contribution in [0.2, 0.25) is 0 Å². The lowest BCUT2D eigenvalue weighted by atomic mass is 10.00. The van der Waals surface area contributed by atoms with Gasteiger partial charge in [-0.3, -0.25) is 9.59 Å². The first-order chi connectivity index (χ1) is 6.54. The Bertz CT molecular complexity index is 332. The van der Waals surface area contributed by atoms with Gasteiger partial charge in [0, 0.05) is 13.9 Å². The normalized spacial score (nSPS) is 26.0. The summed E-state index contributed by atoms with van der Waals surface area (Å²) in [4.78, 5) is 22.6. The number of hydrogen-bond donors (Lipinski definition) is 0. The Labute approximate surface area is 64.9 Å². The van der Waals surface area contributed by atoms with Crippen molar-refractivity contribution in [1.82, 2.24) is 0 Å². The van der Waals surface area contributed by atoms with E-state index in [1.165, 1.54) is 0 Å². The van der Waals surface area contributed by atoms with Gasteiger partial charge in [-0.1, -0.05) is 0 Å². The average Bonchev–Trinajstić information content (AvgIpc) is 2.17. The molecule has 0 aromatic heterocycles. The van der Waals surface area contributed by atoms with Gasteiger partial charge in [0.05, 0.1) is 2.74 Å². The van der Waals surface area contributed by atoms with Crippen LogP contribution < -0.4 is 0 Å². The van der Waals surface area contributed by atoms with Crippen LogP contribution in [0.5, 0.6) is 0 Å². The Morgan fingerprint density at radius 2 is 1.60 bits per heavy atom. The van der Waals surface area contributed by atoms with E-state index in [0.717, 1.165) is 0 Å². The van der Waals surface area contributed by atoms with E-state index in [1.54, 1.807) is 0 Å². The number of hydrogen-bond acceptors (Lipinski definition) is 2. The predicted octanol–water partition coefficient (Wildman–Crippen LogP) is 1.03. The van der Waals surface area contributed by atoms with Gasteiger partial charge in [0.25, 0.3) is 0 Å². The fourth-order valence-corrected chi connectivity index (χ4v) is 0.539. The minimum atomic E-state index is -0.771. The summed E-state index contributed by atoms with van der Waals surface area (Å²) in [5, 5.41) is 0. The molecule has 0 fully saturated rings. The topological polar surface area (TPSA) is 34.1 Å². The second-order valence-corrected chi connectivity index (χ2v) is 1.87. The van der Waals surface area contributed by atoms with Crippen molar-refractivity contribution in [3.05, 3.63) is 23.3 Å². The predicted molar refractivity (Wildman–Crippen MR) is 37.5 cm³/mol. The molecule has 0 saturated heterocycles. The molecular formula is C8H8O2. The third kappa shape index (κ3) is 1.05. The molecule has 0 aromatic carbocycles. The van der Waals surface area contributed by atoms with Gasteiger partial charge in [0.15, 0.2) is 11.6 Å². The summed E-state index contributed by atoms with van der Waals surface area (Å²) in [5.74, 6) is -1.54. The van der Waals surface area contributed by atoms with Crippen LogP contribution >= 0.6 is 0 Å². The highest BCUT2D eigenvalue weighted by Crippen LogP contribution is 2.09. The highest BCUT2D eigenvalue weighted by molar-refractivity contribution is 6.19. The summed E-state index contributed by atoms with van der Waals surface area (Å²) in [6.45, 7) is -0.950. The van der Waals surface area contributed by atoms with Crippen LogP contribution in [0.4, 0.5) is 0 Å². The molecule has 0 radical (unpaired) electrons. The van der Waals surface area contributed by atoms with E-state index in [-0.39, 0.29) is 11.1 Å². The molecule has 0 spiro atoms. The van der Waals surface area contributed by atoms with Crippen LogP contribution in [0.3, 0.4) is 0 Å². The zero-order chi connectivity index (χ0) is 10.9. The van der Waals surface area contributed by atoms with Crippen molar-refractivity contribution in [3.8, 4) is 0 Å². The Morgan fingerprint density at radius 3 is 1.90 bits per heavy atom. The van der Waals surface area contributed by atoms with Gasteiger partial charge in [-0.2, -0.15) is 0 Å². The van der Waals surface area contributed by atoms with E-state index >= 15 is 0 Å². The zero-order valence-electron chi connectivity index (χ0n) is 9.23. The summed E-state index contributed by atoms with van der Waals surface area (Å²) < 4.78 is 28.5. The second kappa shape index (κ2) is 2.21. The van der Waals surface area contributed by atoms with E-state index in [2.05, 4.69) is 0 Å². The van der Waals surface area contributed by atoms with Crippen LogP contribution in [0.15, 0.2) is 23.3 Å². The molecule has 10 heavy (non-hydrogen) atoms. The molecule has 0 aliphatic heterocycles. The van der Waals surface area contributed by atoms with E-state index in [0.29, 0.717) is 0 Å². The molecule has 2 nitrogen and oxygen atoms in total. The fourth-order valence-electron chi connectivity index (χ4n) is 0.539. The van der Waals surface area contributed by atoms with Crippen LogP contribution in [-0.2, 0) is 9.59 Å².